The van der Waals surface area contributed by atoms with Crippen molar-refractivity contribution in [1.82, 2.24) is 24.5 Å². The summed E-state index contributed by atoms with van der Waals surface area (Å²) in [7, 11) is -2.08. The van der Waals surface area contributed by atoms with Gasteiger partial charge < -0.3 is 10.2 Å². The maximum atomic E-state index is 12.6. The lowest BCUT2D eigenvalue weighted by Crippen LogP contribution is -2.56. The summed E-state index contributed by atoms with van der Waals surface area (Å²) in [5.74, 6) is -0.581. The molecule has 2 atom stereocenters. The van der Waals surface area contributed by atoms with Gasteiger partial charge in [-0.15, -0.1) is 0 Å². The molecular weight excluding hydrogens is 454 g/mol. The highest BCUT2D eigenvalue weighted by Gasteiger charge is 2.40. The highest BCUT2D eigenvalue weighted by atomic mass is 35.5. The number of nitrogens with one attached hydrogen (secondary N) is 1. The first kappa shape index (κ1) is 23.8. The van der Waals surface area contributed by atoms with E-state index < -0.39 is 22.1 Å². The van der Waals surface area contributed by atoms with Gasteiger partial charge in [0.2, 0.25) is 15.9 Å². The summed E-state index contributed by atoms with van der Waals surface area (Å²) >= 11 is 6.30. The highest BCUT2D eigenvalue weighted by Crippen LogP contribution is 2.34. The minimum Gasteiger partial charge on any atom is -0.355 e. The van der Waals surface area contributed by atoms with Crippen LogP contribution in [0, 0.1) is 0 Å². The Labute approximate surface area is 192 Å². The van der Waals surface area contributed by atoms with Crippen molar-refractivity contribution in [3.8, 4) is 11.3 Å². The number of sulfonamides is 1. The number of aromatic nitrogens is 2. The number of carbonyl (C=O) groups excluding carboxylic acids is 2. The lowest BCUT2D eigenvalue weighted by molar-refractivity contribution is -0.129. The molecule has 9 nitrogen and oxygen atoms in total. The van der Waals surface area contributed by atoms with E-state index in [-0.39, 0.29) is 30.1 Å². The van der Waals surface area contributed by atoms with Gasteiger partial charge >= 0.3 is 0 Å². The highest BCUT2D eigenvalue weighted by molar-refractivity contribution is 7.88. The zero-order valence-corrected chi connectivity index (χ0v) is 19.5. The molecule has 170 valence electrons. The van der Waals surface area contributed by atoms with E-state index in [2.05, 4.69) is 21.9 Å². The van der Waals surface area contributed by atoms with Gasteiger partial charge in [-0.25, -0.2) is 13.4 Å². The largest absolute Gasteiger partial charge is 0.355 e. The number of nitrogens with zero attached hydrogens (tertiary/aromatic N) is 4. The number of carbonyl (C=O) groups is 2. The number of pyridine rings is 2. The summed E-state index contributed by atoms with van der Waals surface area (Å²) < 4.78 is 26.6. The quantitative estimate of drug-likeness (QED) is 0.519. The van der Waals surface area contributed by atoms with Crippen molar-refractivity contribution in [2.45, 2.75) is 19.0 Å². The van der Waals surface area contributed by atoms with E-state index in [4.69, 9.17) is 11.6 Å². The van der Waals surface area contributed by atoms with Crippen LogP contribution < -0.4 is 5.32 Å². The number of hydrogen-bond acceptors (Lipinski definition) is 6. The molecule has 2 aromatic rings. The normalized spacial score (nSPS) is 19.4. The molecule has 0 aliphatic carbocycles. The van der Waals surface area contributed by atoms with Gasteiger partial charge in [0.15, 0.2) is 0 Å². The lowest BCUT2D eigenvalue weighted by Gasteiger charge is -2.44. The molecule has 1 aliphatic heterocycles. The number of amides is 2. The van der Waals surface area contributed by atoms with Crippen molar-refractivity contribution in [2.24, 2.45) is 0 Å². The Balaban J connectivity index is 2.10. The van der Waals surface area contributed by atoms with E-state index in [1.807, 2.05) is 0 Å². The van der Waals surface area contributed by atoms with Crippen LogP contribution >= 0.6 is 11.6 Å². The van der Waals surface area contributed by atoms with E-state index in [1.165, 1.54) is 23.6 Å². The predicted octanol–water partition coefficient (Wildman–Crippen LogP) is 1.88. The lowest BCUT2D eigenvalue weighted by atomic mass is 10.0. The molecule has 1 saturated heterocycles. The molecule has 0 unspecified atom stereocenters. The van der Waals surface area contributed by atoms with Gasteiger partial charge in [-0.2, -0.15) is 4.31 Å². The van der Waals surface area contributed by atoms with E-state index in [1.54, 1.807) is 36.2 Å². The van der Waals surface area contributed by atoms with Gasteiger partial charge in [0.1, 0.15) is 5.15 Å². The average Bonchev–Trinajstić information content (AvgIpc) is 2.76. The molecule has 1 aliphatic rings. The summed E-state index contributed by atoms with van der Waals surface area (Å²) in [5.41, 5.74) is 1.90. The second-order valence-corrected chi connectivity index (χ2v) is 9.83. The Morgan fingerprint density at radius 1 is 1.25 bits per heavy atom. The van der Waals surface area contributed by atoms with E-state index in [0.717, 1.165) is 6.26 Å². The SMILES string of the molecule is C=CC(=O)N1C[C@H](C)N(S(C)(=O)=O)[C@H](c2cc(Cl)nc(-c3cncc(C(=O)NC)c3)c2)C1. The fraction of sp³-hybridized carbons (Fsp3) is 0.333. The molecule has 0 aromatic carbocycles. The molecule has 11 heteroatoms. The van der Waals surface area contributed by atoms with Gasteiger partial charge in [-0.3, -0.25) is 14.6 Å². The fourth-order valence-corrected chi connectivity index (χ4v) is 5.48. The van der Waals surface area contributed by atoms with Crippen molar-refractivity contribution >= 4 is 33.4 Å². The first-order valence-corrected chi connectivity index (χ1v) is 12.0. The van der Waals surface area contributed by atoms with Crippen molar-refractivity contribution < 1.29 is 18.0 Å². The van der Waals surface area contributed by atoms with Gasteiger partial charge in [0.25, 0.3) is 5.91 Å². The van der Waals surface area contributed by atoms with E-state index >= 15 is 0 Å². The molecular formula is C21H24ClN5O4S. The molecule has 0 spiro atoms. The van der Waals surface area contributed by atoms with Crippen LogP contribution in [-0.2, 0) is 14.8 Å². The van der Waals surface area contributed by atoms with Crippen molar-refractivity contribution in [3.05, 3.63) is 59.5 Å². The van der Waals surface area contributed by atoms with Gasteiger partial charge in [0, 0.05) is 44.1 Å². The molecule has 1 fully saturated rings. The molecule has 3 rings (SSSR count). The summed E-state index contributed by atoms with van der Waals surface area (Å²) in [6.07, 6.45) is 5.32. The Morgan fingerprint density at radius 2 is 1.97 bits per heavy atom. The molecule has 32 heavy (non-hydrogen) atoms. The second kappa shape index (κ2) is 9.35. The third kappa shape index (κ3) is 4.98. The van der Waals surface area contributed by atoms with Gasteiger partial charge in [-0.05, 0) is 36.8 Å². The fourth-order valence-electron chi connectivity index (χ4n) is 3.90. The van der Waals surface area contributed by atoms with Crippen molar-refractivity contribution in [2.75, 3.05) is 26.4 Å². The zero-order chi connectivity index (χ0) is 23.6. The summed E-state index contributed by atoms with van der Waals surface area (Å²) in [4.78, 5) is 34.3. The minimum atomic E-state index is -3.60. The maximum Gasteiger partial charge on any atom is 0.252 e. The number of halogens is 1. The summed E-state index contributed by atoms with van der Waals surface area (Å²) in [5, 5.41) is 2.69. The van der Waals surface area contributed by atoms with Crippen LogP contribution in [-0.4, -0.2) is 71.8 Å². The summed E-state index contributed by atoms with van der Waals surface area (Å²) in [6, 6.07) is 3.78. The van der Waals surface area contributed by atoms with Crippen LogP contribution in [0.4, 0.5) is 0 Å². The second-order valence-electron chi connectivity index (χ2n) is 7.55. The molecule has 1 N–H and O–H groups in total. The molecule has 2 aromatic heterocycles. The van der Waals surface area contributed by atoms with E-state index in [9.17, 15) is 18.0 Å². The van der Waals surface area contributed by atoms with Crippen LogP contribution in [0.1, 0.15) is 28.9 Å². The topological polar surface area (TPSA) is 113 Å². The predicted molar refractivity (Wildman–Crippen MR) is 122 cm³/mol. The van der Waals surface area contributed by atoms with Crippen LogP contribution in [0.25, 0.3) is 11.3 Å². The molecule has 0 bridgehead atoms. The average molecular weight is 478 g/mol. The maximum absolute atomic E-state index is 12.6. The smallest absolute Gasteiger partial charge is 0.252 e. The van der Waals surface area contributed by atoms with Crippen LogP contribution in [0.5, 0.6) is 0 Å². The van der Waals surface area contributed by atoms with Crippen LogP contribution in [0.15, 0.2) is 43.2 Å². The summed E-state index contributed by atoms with van der Waals surface area (Å²) in [6.45, 7) is 5.66. The third-order valence-corrected chi connectivity index (χ3v) is 6.79. The first-order chi connectivity index (χ1) is 15.0. The minimum absolute atomic E-state index is 0.137. The number of rotatable bonds is 5. The van der Waals surface area contributed by atoms with Gasteiger partial charge in [0.05, 0.1) is 23.6 Å². The van der Waals surface area contributed by atoms with Gasteiger partial charge in [-0.1, -0.05) is 18.2 Å². The van der Waals surface area contributed by atoms with Crippen molar-refractivity contribution in [3.63, 3.8) is 0 Å². The van der Waals surface area contributed by atoms with E-state index in [0.29, 0.717) is 22.4 Å². The Bertz CT molecular complexity index is 1170. The third-order valence-electron chi connectivity index (χ3n) is 5.21. The van der Waals surface area contributed by atoms with Crippen LogP contribution in [0.3, 0.4) is 0 Å². The Kier molecular flexibility index (Phi) is 6.97. The first-order valence-electron chi connectivity index (χ1n) is 9.80. The molecule has 2 amide bonds. The molecule has 0 saturated carbocycles. The van der Waals surface area contributed by atoms with Crippen LogP contribution in [0.2, 0.25) is 5.15 Å². The molecule has 0 radical (unpaired) electrons. The van der Waals surface area contributed by atoms with Crippen molar-refractivity contribution in [1.29, 1.82) is 0 Å². The Morgan fingerprint density at radius 3 is 2.59 bits per heavy atom. The Hall–Kier alpha value is -2.82. The molecule has 3 heterocycles. The number of hydrogen-bond donors (Lipinski definition) is 1. The standard InChI is InChI=1S/C21H24ClN5O4S/c1-5-20(28)26-11-13(2)27(32(4,30)31)18(12-26)14-7-17(25-19(22)8-14)15-6-16(10-24-9-15)21(29)23-3/h5-10,13,18H,1,11-12H2,2-4H3,(H,23,29)/t13-,18-/m0/s1. The number of piperazine rings is 1. The monoisotopic (exact) mass is 477 g/mol. The zero-order valence-electron chi connectivity index (χ0n) is 17.9.